The van der Waals surface area contributed by atoms with Crippen molar-refractivity contribution >= 4 is 31.6 Å². The molecule has 0 saturated carbocycles. The molecule has 3 rings (SSSR count). The van der Waals surface area contributed by atoms with Gasteiger partial charge in [-0.3, -0.25) is 0 Å². The van der Waals surface area contributed by atoms with Crippen LogP contribution in [-0.4, -0.2) is 28.1 Å². The number of hydrogen-bond acceptors (Lipinski definition) is 3. The van der Waals surface area contributed by atoms with E-state index < -0.39 is 10.0 Å². The van der Waals surface area contributed by atoms with Crippen LogP contribution in [-0.2, 0) is 16.4 Å². The number of nitrogens with zero attached hydrogens (tertiary/aromatic N) is 1. The van der Waals surface area contributed by atoms with Gasteiger partial charge in [0.05, 0.1) is 4.90 Å². The molecule has 25 heavy (non-hydrogen) atoms. The fraction of sp³-hybridized carbons (Fsp3) is 0.368. The lowest BCUT2D eigenvalue weighted by Gasteiger charge is -2.28. The lowest BCUT2D eigenvalue weighted by Crippen LogP contribution is -2.29. The van der Waals surface area contributed by atoms with Gasteiger partial charge in [-0.2, -0.15) is 0 Å². The smallest absolute Gasteiger partial charge is 0.240 e. The fourth-order valence-corrected chi connectivity index (χ4v) is 4.35. The van der Waals surface area contributed by atoms with E-state index in [1.54, 1.807) is 24.3 Å². The molecule has 0 spiro atoms. The summed E-state index contributed by atoms with van der Waals surface area (Å²) in [6.45, 7) is 2.65. The van der Waals surface area contributed by atoms with Crippen molar-refractivity contribution in [2.75, 3.05) is 24.5 Å². The molecule has 0 unspecified atom stereocenters. The summed E-state index contributed by atoms with van der Waals surface area (Å²) in [5.74, 6) is 0. The molecular formula is C19H23BrN2O2S. The number of anilines is 1. The van der Waals surface area contributed by atoms with Crippen LogP contribution in [0.5, 0.6) is 0 Å². The summed E-state index contributed by atoms with van der Waals surface area (Å²) in [6, 6.07) is 15.1. The summed E-state index contributed by atoms with van der Waals surface area (Å²) < 4.78 is 28.1. The summed E-state index contributed by atoms with van der Waals surface area (Å²) in [6.07, 6.45) is 4.53. The van der Waals surface area contributed by atoms with Crippen LogP contribution >= 0.6 is 15.9 Å². The third kappa shape index (κ3) is 5.06. The average molecular weight is 423 g/mol. The van der Waals surface area contributed by atoms with E-state index in [-0.39, 0.29) is 4.90 Å². The van der Waals surface area contributed by atoms with Crippen LogP contribution in [0.2, 0.25) is 0 Å². The third-order valence-corrected chi connectivity index (χ3v) is 6.49. The van der Waals surface area contributed by atoms with E-state index >= 15 is 0 Å². The lowest BCUT2D eigenvalue weighted by atomic mass is 10.1. The number of piperidine rings is 1. The van der Waals surface area contributed by atoms with E-state index in [1.807, 2.05) is 0 Å². The zero-order chi connectivity index (χ0) is 17.7. The SMILES string of the molecule is O=S(=O)(NCCc1ccc(N2CCCCC2)cc1)c1ccc(Br)cc1. The number of benzene rings is 2. The topological polar surface area (TPSA) is 49.4 Å². The normalized spacial score (nSPS) is 15.3. The van der Waals surface area contributed by atoms with Gasteiger partial charge in [-0.15, -0.1) is 0 Å². The van der Waals surface area contributed by atoms with Crippen molar-refractivity contribution in [1.82, 2.24) is 4.72 Å². The van der Waals surface area contributed by atoms with E-state index in [9.17, 15) is 8.42 Å². The predicted molar refractivity (Wildman–Crippen MR) is 106 cm³/mol. The minimum Gasteiger partial charge on any atom is -0.372 e. The molecule has 1 aliphatic heterocycles. The number of rotatable bonds is 6. The minimum atomic E-state index is -3.45. The molecule has 0 bridgehead atoms. The monoisotopic (exact) mass is 422 g/mol. The molecule has 1 fully saturated rings. The summed E-state index contributed by atoms with van der Waals surface area (Å²) in [5, 5.41) is 0. The fourth-order valence-electron chi connectivity index (χ4n) is 3.05. The Kier molecular flexibility index (Phi) is 6.15. The van der Waals surface area contributed by atoms with Crippen molar-refractivity contribution in [1.29, 1.82) is 0 Å². The maximum Gasteiger partial charge on any atom is 0.240 e. The Morgan fingerprint density at radius 2 is 1.56 bits per heavy atom. The van der Waals surface area contributed by atoms with Crippen molar-refractivity contribution in [2.24, 2.45) is 0 Å². The van der Waals surface area contributed by atoms with Crippen LogP contribution in [0.3, 0.4) is 0 Å². The number of hydrogen-bond donors (Lipinski definition) is 1. The molecule has 0 aliphatic carbocycles. The Morgan fingerprint density at radius 3 is 2.20 bits per heavy atom. The van der Waals surface area contributed by atoms with Crippen LogP contribution < -0.4 is 9.62 Å². The van der Waals surface area contributed by atoms with Gasteiger partial charge < -0.3 is 4.90 Å². The van der Waals surface area contributed by atoms with E-state index in [4.69, 9.17) is 0 Å². The predicted octanol–water partition coefficient (Wildman–Crippen LogP) is 3.96. The van der Waals surface area contributed by atoms with Gasteiger partial charge >= 0.3 is 0 Å². The van der Waals surface area contributed by atoms with Gasteiger partial charge in [-0.05, 0) is 67.6 Å². The molecule has 1 aliphatic rings. The van der Waals surface area contributed by atoms with Crippen molar-refractivity contribution in [3.63, 3.8) is 0 Å². The first-order chi connectivity index (χ1) is 12.0. The van der Waals surface area contributed by atoms with Crippen molar-refractivity contribution in [2.45, 2.75) is 30.6 Å². The standard InChI is InChI=1S/C19H23BrN2O2S/c20-17-6-10-19(11-7-17)25(23,24)21-13-12-16-4-8-18(9-5-16)22-14-2-1-3-15-22/h4-11,21H,1-3,12-15H2. The van der Waals surface area contributed by atoms with Crippen LogP contribution in [0, 0.1) is 0 Å². The van der Waals surface area contributed by atoms with Gasteiger partial charge in [0, 0.05) is 29.8 Å². The van der Waals surface area contributed by atoms with Gasteiger partial charge in [-0.25, -0.2) is 13.1 Å². The molecule has 2 aromatic rings. The third-order valence-electron chi connectivity index (χ3n) is 4.49. The largest absolute Gasteiger partial charge is 0.372 e. The van der Waals surface area contributed by atoms with Crippen molar-refractivity contribution in [3.8, 4) is 0 Å². The Balaban J connectivity index is 1.54. The zero-order valence-electron chi connectivity index (χ0n) is 14.1. The molecule has 0 amide bonds. The molecule has 0 radical (unpaired) electrons. The first-order valence-electron chi connectivity index (χ1n) is 8.64. The van der Waals surface area contributed by atoms with Gasteiger partial charge in [0.2, 0.25) is 10.0 Å². The average Bonchev–Trinajstić information content (AvgIpc) is 2.63. The van der Waals surface area contributed by atoms with E-state index in [1.165, 1.54) is 24.9 Å². The first kappa shape index (κ1) is 18.4. The summed E-state index contributed by atoms with van der Waals surface area (Å²) in [5.41, 5.74) is 2.40. The van der Waals surface area contributed by atoms with Crippen LogP contribution in [0.4, 0.5) is 5.69 Å². The maximum atomic E-state index is 12.3. The highest BCUT2D eigenvalue weighted by atomic mass is 79.9. The minimum absolute atomic E-state index is 0.288. The molecule has 1 N–H and O–H groups in total. The highest BCUT2D eigenvalue weighted by Crippen LogP contribution is 2.20. The summed E-state index contributed by atoms with van der Waals surface area (Å²) >= 11 is 3.31. The van der Waals surface area contributed by atoms with E-state index in [2.05, 4.69) is 49.8 Å². The molecule has 6 heteroatoms. The molecule has 4 nitrogen and oxygen atoms in total. The quantitative estimate of drug-likeness (QED) is 0.765. The molecular weight excluding hydrogens is 400 g/mol. The Bertz CT molecular complexity index is 783. The second-order valence-corrected chi connectivity index (χ2v) is 9.00. The number of sulfonamides is 1. The highest BCUT2D eigenvalue weighted by molar-refractivity contribution is 9.10. The molecule has 2 aromatic carbocycles. The van der Waals surface area contributed by atoms with Gasteiger partial charge in [0.1, 0.15) is 0 Å². The van der Waals surface area contributed by atoms with Crippen LogP contribution in [0.25, 0.3) is 0 Å². The molecule has 1 saturated heterocycles. The Hall–Kier alpha value is -1.37. The van der Waals surface area contributed by atoms with Crippen molar-refractivity contribution in [3.05, 3.63) is 58.6 Å². The second kappa shape index (κ2) is 8.34. The van der Waals surface area contributed by atoms with Crippen molar-refractivity contribution < 1.29 is 8.42 Å². The first-order valence-corrected chi connectivity index (χ1v) is 10.9. The number of nitrogens with one attached hydrogen (secondary N) is 1. The molecule has 134 valence electrons. The zero-order valence-corrected chi connectivity index (χ0v) is 16.5. The summed E-state index contributed by atoms with van der Waals surface area (Å²) in [4.78, 5) is 2.71. The van der Waals surface area contributed by atoms with Gasteiger partial charge in [0.15, 0.2) is 0 Å². The van der Waals surface area contributed by atoms with Crippen LogP contribution in [0.1, 0.15) is 24.8 Å². The molecule has 0 aromatic heterocycles. The molecule has 0 atom stereocenters. The summed E-state index contributed by atoms with van der Waals surface area (Å²) in [7, 11) is -3.45. The van der Waals surface area contributed by atoms with E-state index in [0.29, 0.717) is 13.0 Å². The second-order valence-electron chi connectivity index (χ2n) is 6.32. The molecule has 1 heterocycles. The van der Waals surface area contributed by atoms with Gasteiger partial charge in [-0.1, -0.05) is 28.1 Å². The Labute approximate surface area is 158 Å². The lowest BCUT2D eigenvalue weighted by molar-refractivity contribution is 0.577. The highest BCUT2D eigenvalue weighted by Gasteiger charge is 2.13. The number of halogens is 1. The Morgan fingerprint density at radius 1 is 0.920 bits per heavy atom. The maximum absolute atomic E-state index is 12.3. The van der Waals surface area contributed by atoms with Gasteiger partial charge in [0.25, 0.3) is 0 Å². The van der Waals surface area contributed by atoms with E-state index in [0.717, 1.165) is 23.1 Å². The van der Waals surface area contributed by atoms with Crippen LogP contribution in [0.15, 0.2) is 57.9 Å².